The minimum Gasteiger partial charge on any atom is -0.493 e. The zero-order chi connectivity index (χ0) is 44.6. The summed E-state index contributed by atoms with van der Waals surface area (Å²) in [6, 6.07) is 25.5. The number of allylic oxidation sites excluding steroid dienone is 1. The largest absolute Gasteiger partial charge is 0.493 e. The molecular weight excluding hydrogens is 833 g/mol. The molecule has 3 aromatic carbocycles. The van der Waals surface area contributed by atoms with Gasteiger partial charge in [0, 0.05) is 55.2 Å². The van der Waals surface area contributed by atoms with Crippen molar-refractivity contribution in [3.05, 3.63) is 114 Å². The van der Waals surface area contributed by atoms with Gasteiger partial charge in [0.15, 0.2) is 0 Å². The Balaban J connectivity index is 1.27. The van der Waals surface area contributed by atoms with Crippen LogP contribution in [0.4, 0.5) is 4.79 Å². The molecule has 64 heavy (non-hydrogen) atoms. The molecule has 2 fully saturated rings. The number of likely N-dealkylation sites (N-methyl/N-ethyl adjacent to an activating group) is 1. The Morgan fingerprint density at radius 2 is 1.75 bits per heavy atom. The first kappa shape index (κ1) is 47.6. The fourth-order valence-corrected chi connectivity index (χ4v) is 10.5. The highest BCUT2D eigenvalue weighted by Crippen LogP contribution is 2.62. The van der Waals surface area contributed by atoms with Gasteiger partial charge in [0.2, 0.25) is 12.1 Å². The monoisotopic (exact) mass is 898 g/mol. The Kier molecular flexibility index (Phi) is 18.0. The predicted octanol–water partition coefficient (Wildman–Crippen LogP) is 9.30. The lowest BCUT2D eigenvalue weighted by molar-refractivity contribution is -0.254. The highest BCUT2D eigenvalue weighted by Gasteiger charge is 2.65. The summed E-state index contributed by atoms with van der Waals surface area (Å²) in [4.78, 5) is 23.2. The zero-order valence-electron chi connectivity index (χ0n) is 37.2. The molecule has 7 atom stereocenters. The van der Waals surface area contributed by atoms with E-state index in [1.807, 2.05) is 60.7 Å². The molecular formula is C51H66N2O10S. The Bertz CT molecular complexity index is 1980. The molecule has 0 aromatic heterocycles. The van der Waals surface area contributed by atoms with Gasteiger partial charge < -0.3 is 48.4 Å². The lowest BCUT2D eigenvalue weighted by atomic mass is 9.55. The van der Waals surface area contributed by atoms with E-state index in [-0.39, 0.29) is 57.2 Å². The number of nitrogens with zero attached hydrogens (tertiary/aromatic N) is 2. The smallest absolute Gasteiger partial charge is 0.410 e. The van der Waals surface area contributed by atoms with Gasteiger partial charge in [0.1, 0.15) is 24.1 Å². The standard InChI is InChI=1S/C51H66N2O10S/c1-3-27-61-51-46(53(2)50(56)60-30-29-57-36-37-16-6-4-7-17-37)35-44(52-63-47-22-12-15-28-59-47)42-33-38(18-10-13-25-54)41(21-11-14-26-55)48(49(42)51)43-34-39(23-24-45(43)62-51)58-31-32-64-40-19-8-5-9-20-40/h3-9,16-17,19-20,23-24,33-34,38,41,46-49,54-55H,1,10-15,18,21-22,25-32,35-36H2,2H3/t38-,41+,46-,47?,48+,49+,51+/m0/s1. The number of thioether (sulfide) groups is 1. The maximum absolute atomic E-state index is 14.2. The summed E-state index contributed by atoms with van der Waals surface area (Å²) < 4.78 is 38.5. The second-order valence-electron chi connectivity index (χ2n) is 16.9. The first-order chi connectivity index (χ1) is 31.5. The number of carbonyl (C=O) groups excluding carboxylic acids is 1. The molecule has 1 amide bonds. The second-order valence-corrected chi connectivity index (χ2v) is 18.1. The van der Waals surface area contributed by atoms with E-state index < -0.39 is 30.1 Å². The van der Waals surface area contributed by atoms with Gasteiger partial charge in [-0.2, -0.15) is 0 Å². The average Bonchev–Trinajstić information content (AvgIpc) is 3.33. The molecule has 2 heterocycles. The minimum absolute atomic E-state index is 0.0578. The van der Waals surface area contributed by atoms with Gasteiger partial charge in [-0.1, -0.05) is 78.7 Å². The summed E-state index contributed by atoms with van der Waals surface area (Å²) in [6.07, 6.45) is 10.7. The number of hydrogen-bond acceptors (Lipinski definition) is 12. The average molecular weight is 899 g/mol. The molecule has 2 N–H and O–H groups in total. The van der Waals surface area contributed by atoms with Crippen LogP contribution in [0, 0.1) is 17.8 Å². The van der Waals surface area contributed by atoms with Crippen molar-refractivity contribution in [3.8, 4) is 11.5 Å². The molecule has 7 rings (SSSR count). The molecule has 346 valence electrons. The van der Waals surface area contributed by atoms with Crippen molar-refractivity contribution in [1.82, 2.24) is 4.90 Å². The van der Waals surface area contributed by atoms with Crippen LogP contribution in [0.1, 0.15) is 81.3 Å². The Morgan fingerprint density at radius 1 is 0.969 bits per heavy atom. The molecule has 0 radical (unpaired) electrons. The maximum Gasteiger partial charge on any atom is 0.410 e. The van der Waals surface area contributed by atoms with Crippen LogP contribution in [0.25, 0.3) is 0 Å². The first-order valence-corrected chi connectivity index (χ1v) is 24.1. The van der Waals surface area contributed by atoms with Gasteiger partial charge in [0.25, 0.3) is 0 Å². The maximum atomic E-state index is 14.2. The summed E-state index contributed by atoms with van der Waals surface area (Å²) >= 11 is 1.75. The van der Waals surface area contributed by atoms with Crippen molar-refractivity contribution in [2.45, 2.75) is 99.7 Å². The number of oxime groups is 1. The molecule has 0 bridgehead atoms. The van der Waals surface area contributed by atoms with Gasteiger partial charge >= 0.3 is 6.09 Å². The molecule has 3 aromatic rings. The third-order valence-electron chi connectivity index (χ3n) is 12.7. The minimum atomic E-state index is -1.39. The summed E-state index contributed by atoms with van der Waals surface area (Å²) in [5.41, 5.74) is 3.70. The van der Waals surface area contributed by atoms with Gasteiger partial charge in [0.05, 0.1) is 44.7 Å². The lowest BCUT2D eigenvalue weighted by Gasteiger charge is -2.59. The van der Waals surface area contributed by atoms with Crippen LogP contribution in [0.2, 0.25) is 0 Å². The van der Waals surface area contributed by atoms with Crippen LogP contribution in [-0.2, 0) is 30.4 Å². The molecule has 2 aliphatic heterocycles. The number of hydrogen-bond donors (Lipinski definition) is 2. The van der Waals surface area contributed by atoms with Crippen molar-refractivity contribution in [1.29, 1.82) is 0 Å². The number of aliphatic hydroxyl groups excluding tert-OH is 2. The van der Waals surface area contributed by atoms with Crippen LogP contribution in [0.5, 0.6) is 11.5 Å². The van der Waals surface area contributed by atoms with E-state index in [9.17, 15) is 15.0 Å². The fourth-order valence-electron chi connectivity index (χ4n) is 9.75. The summed E-state index contributed by atoms with van der Waals surface area (Å²) in [6.45, 7) is 6.22. The van der Waals surface area contributed by atoms with Crippen LogP contribution >= 0.6 is 11.8 Å². The third-order valence-corrected chi connectivity index (χ3v) is 13.7. The van der Waals surface area contributed by atoms with Crippen molar-refractivity contribution in [3.63, 3.8) is 0 Å². The topological polar surface area (TPSA) is 138 Å². The Hall–Kier alpha value is -4.37. The van der Waals surface area contributed by atoms with Gasteiger partial charge in [-0.15, -0.1) is 18.3 Å². The number of carbonyl (C=O) groups is 1. The number of ether oxygens (including phenoxy) is 6. The normalized spacial score (nSPS) is 25.3. The highest BCUT2D eigenvalue weighted by atomic mass is 32.2. The number of unbranched alkanes of at least 4 members (excludes halogenated alkanes) is 2. The highest BCUT2D eigenvalue weighted by molar-refractivity contribution is 7.99. The third kappa shape index (κ3) is 11.9. The van der Waals surface area contributed by atoms with E-state index in [2.05, 4.69) is 30.9 Å². The Labute approximate surface area is 382 Å². The molecule has 1 saturated heterocycles. The molecule has 4 aliphatic rings. The van der Waals surface area contributed by atoms with E-state index in [1.165, 1.54) is 4.90 Å². The Morgan fingerprint density at radius 3 is 2.50 bits per heavy atom. The number of fused-ring (bicyclic) bond motifs is 2. The summed E-state index contributed by atoms with van der Waals surface area (Å²) in [5, 5.41) is 24.8. The first-order valence-electron chi connectivity index (χ1n) is 23.1. The molecule has 2 aliphatic carbocycles. The van der Waals surface area contributed by atoms with E-state index in [0.717, 1.165) is 73.1 Å². The number of aliphatic hydroxyl groups is 2. The molecule has 12 nitrogen and oxygen atoms in total. The van der Waals surface area contributed by atoms with E-state index in [4.69, 9.17) is 38.4 Å². The van der Waals surface area contributed by atoms with Crippen molar-refractivity contribution in [2.24, 2.45) is 22.9 Å². The van der Waals surface area contributed by atoms with E-state index >= 15 is 0 Å². The van der Waals surface area contributed by atoms with Crippen molar-refractivity contribution in [2.75, 3.05) is 59.0 Å². The van der Waals surface area contributed by atoms with Crippen molar-refractivity contribution < 1.29 is 48.3 Å². The number of benzene rings is 3. The molecule has 1 saturated carbocycles. The van der Waals surface area contributed by atoms with Crippen LogP contribution in [0.3, 0.4) is 0 Å². The molecule has 0 spiro atoms. The van der Waals surface area contributed by atoms with E-state index in [0.29, 0.717) is 44.1 Å². The predicted molar refractivity (Wildman–Crippen MR) is 248 cm³/mol. The number of amides is 1. The van der Waals surface area contributed by atoms with Gasteiger partial charge in [-0.3, -0.25) is 0 Å². The summed E-state index contributed by atoms with van der Waals surface area (Å²) in [7, 11) is 1.73. The van der Waals surface area contributed by atoms with Gasteiger partial charge in [-0.05, 0) is 91.8 Å². The quantitative estimate of drug-likeness (QED) is 0.0385. The number of rotatable bonds is 24. The molecule has 13 heteroatoms. The second kappa shape index (κ2) is 24.2. The SMILES string of the molecule is C=CCO[C@@]12Oc3ccc(OCCSc4ccccc4)cc3[C@H]3[C@H](CCCCO)[C@@H](CCCCO)C=C(C(=NOC4CCCCO4)C[C@@H]1N(C)C(=O)OCCOCc1ccccc1)[C@H]32. The zero-order valence-corrected chi connectivity index (χ0v) is 38.0. The lowest BCUT2D eigenvalue weighted by Crippen LogP contribution is -2.69. The van der Waals surface area contributed by atoms with E-state index in [1.54, 1.807) is 29.8 Å². The summed E-state index contributed by atoms with van der Waals surface area (Å²) in [5.74, 6) is 0.341. The van der Waals surface area contributed by atoms with Crippen molar-refractivity contribution >= 4 is 23.6 Å². The fraction of sp³-hybridized carbons (Fsp3) is 0.529. The van der Waals surface area contributed by atoms with Crippen LogP contribution in [0.15, 0.2) is 113 Å². The molecule has 1 unspecified atom stereocenters. The van der Waals surface area contributed by atoms with Gasteiger partial charge in [-0.25, -0.2) is 4.79 Å². The van der Waals surface area contributed by atoms with Crippen LogP contribution < -0.4 is 9.47 Å². The van der Waals surface area contributed by atoms with Crippen LogP contribution in [-0.4, -0.2) is 104 Å².